The average molecular weight is 342 g/mol. The summed E-state index contributed by atoms with van der Waals surface area (Å²) in [6.45, 7) is 0.819. The number of anilines is 1. The van der Waals surface area contributed by atoms with Crippen LogP contribution in [0.1, 0.15) is 24.8 Å². The molecule has 134 valence electrons. The maximum Gasteiger partial charge on any atom is 0.354 e. The Kier molecular flexibility index (Phi) is 5.17. The average Bonchev–Trinajstić information content (AvgIpc) is 2.55. The van der Waals surface area contributed by atoms with Crippen LogP contribution in [-0.2, 0) is 6.54 Å². The Hall–Kier alpha value is -2.22. The predicted octanol–water partition coefficient (Wildman–Crippen LogP) is 0.454. The zero-order chi connectivity index (χ0) is 18.0. The number of aromatic nitrogens is 2. The van der Waals surface area contributed by atoms with Gasteiger partial charge in [-0.25, -0.2) is 4.79 Å². The molecule has 6 N–H and O–H groups in total. The van der Waals surface area contributed by atoms with Crippen molar-refractivity contribution in [1.29, 1.82) is 0 Å². The zero-order valence-corrected chi connectivity index (χ0v) is 14.5. The lowest BCUT2D eigenvalue weighted by Crippen LogP contribution is -2.47. The molecule has 2 aromatic rings. The Bertz CT molecular complexity index is 762. The van der Waals surface area contributed by atoms with Gasteiger partial charge in [-0.05, 0) is 50.1 Å². The van der Waals surface area contributed by atoms with Crippen molar-refractivity contribution < 1.29 is 0 Å². The molecule has 25 heavy (non-hydrogen) atoms. The van der Waals surface area contributed by atoms with Crippen LogP contribution in [0.5, 0.6) is 0 Å². The van der Waals surface area contributed by atoms with Crippen LogP contribution < -0.4 is 22.9 Å². The molecule has 1 unspecified atom stereocenters. The third-order valence-corrected chi connectivity index (χ3v) is 4.85. The van der Waals surface area contributed by atoms with E-state index < -0.39 is 0 Å². The Morgan fingerprint density at radius 3 is 2.36 bits per heavy atom. The van der Waals surface area contributed by atoms with Crippen LogP contribution in [0, 0.1) is 0 Å². The van der Waals surface area contributed by atoms with Crippen LogP contribution in [-0.4, -0.2) is 39.6 Å². The minimum Gasteiger partial charge on any atom is -0.383 e. The second-order valence-corrected chi connectivity index (χ2v) is 6.97. The largest absolute Gasteiger partial charge is 0.383 e. The molecule has 7 heteroatoms. The van der Waals surface area contributed by atoms with E-state index in [1.165, 1.54) is 10.1 Å². The maximum absolute atomic E-state index is 11.9. The van der Waals surface area contributed by atoms with Gasteiger partial charge in [0.1, 0.15) is 5.82 Å². The molecule has 1 saturated carbocycles. The van der Waals surface area contributed by atoms with Gasteiger partial charge in [0.15, 0.2) is 0 Å². The van der Waals surface area contributed by atoms with Gasteiger partial charge in [0.25, 0.3) is 0 Å². The summed E-state index contributed by atoms with van der Waals surface area (Å²) < 4.78 is 1.48. The highest BCUT2D eigenvalue weighted by atomic mass is 16.1. The van der Waals surface area contributed by atoms with Crippen molar-refractivity contribution in [1.82, 2.24) is 14.5 Å². The molecular weight excluding hydrogens is 316 g/mol. The molecule has 0 spiro atoms. The van der Waals surface area contributed by atoms with E-state index in [-0.39, 0.29) is 23.6 Å². The lowest BCUT2D eigenvalue weighted by molar-refractivity contribution is 0.162. The molecular formula is C18H26N6O. The summed E-state index contributed by atoms with van der Waals surface area (Å²) in [5.41, 5.74) is 19.3. The van der Waals surface area contributed by atoms with Gasteiger partial charge >= 0.3 is 5.69 Å². The first-order valence-electron chi connectivity index (χ1n) is 8.58. The van der Waals surface area contributed by atoms with Crippen molar-refractivity contribution in [3.63, 3.8) is 0 Å². The Balaban J connectivity index is 1.69. The highest BCUT2D eigenvalue weighted by Gasteiger charge is 2.27. The second-order valence-electron chi connectivity index (χ2n) is 6.97. The Morgan fingerprint density at radius 2 is 1.76 bits per heavy atom. The number of hydrogen-bond acceptors (Lipinski definition) is 6. The monoisotopic (exact) mass is 342 g/mol. The predicted molar refractivity (Wildman–Crippen MR) is 99.3 cm³/mol. The molecule has 1 aliphatic rings. The van der Waals surface area contributed by atoms with Gasteiger partial charge in [-0.3, -0.25) is 9.47 Å². The Morgan fingerprint density at radius 1 is 1.12 bits per heavy atom. The van der Waals surface area contributed by atoms with Crippen LogP contribution in [0.4, 0.5) is 5.82 Å². The third kappa shape index (κ3) is 4.25. The molecule has 3 atom stereocenters. The lowest BCUT2D eigenvalue weighted by Gasteiger charge is -2.37. The van der Waals surface area contributed by atoms with Crippen molar-refractivity contribution in [2.75, 3.05) is 12.8 Å². The minimum atomic E-state index is -0.380. The number of nitrogen functional groups attached to an aromatic ring is 1. The molecule has 1 aliphatic carbocycles. The van der Waals surface area contributed by atoms with E-state index >= 15 is 0 Å². The first kappa shape index (κ1) is 17.6. The maximum atomic E-state index is 11.9. The molecule has 1 fully saturated rings. The number of nitrogens with two attached hydrogens (primary N) is 3. The van der Waals surface area contributed by atoms with Crippen LogP contribution in [0.3, 0.4) is 0 Å². The molecule has 1 heterocycles. The molecule has 0 amide bonds. The first-order chi connectivity index (χ1) is 11.9. The lowest BCUT2D eigenvalue weighted by atomic mass is 9.87. The molecule has 1 aromatic carbocycles. The number of nitrogens with zero attached hydrogens (tertiary/aromatic N) is 3. The molecule has 0 radical (unpaired) electrons. The van der Waals surface area contributed by atoms with Gasteiger partial charge in [-0.1, -0.05) is 12.1 Å². The van der Waals surface area contributed by atoms with Crippen LogP contribution in [0.15, 0.2) is 41.3 Å². The molecule has 7 nitrogen and oxygen atoms in total. The van der Waals surface area contributed by atoms with E-state index in [2.05, 4.69) is 16.9 Å². The summed E-state index contributed by atoms with van der Waals surface area (Å²) in [5, 5.41) is 0. The van der Waals surface area contributed by atoms with E-state index in [0.29, 0.717) is 6.04 Å². The van der Waals surface area contributed by atoms with Gasteiger partial charge in [0, 0.05) is 30.9 Å². The number of rotatable bonds is 4. The van der Waals surface area contributed by atoms with E-state index in [4.69, 9.17) is 17.2 Å². The molecule has 3 rings (SSSR count). The molecule has 0 bridgehead atoms. The fourth-order valence-corrected chi connectivity index (χ4v) is 3.53. The number of hydrogen-bond donors (Lipinski definition) is 3. The topological polar surface area (TPSA) is 116 Å². The zero-order valence-electron chi connectivity index (χ0n) is 14.5. The van der Waals surface area contributed by atoms with Crippen molar-refractivity contribution >= 4 is 5.82 Å². The fraction of sp³-hybridized carbons (Fsp3) is 0.444. The van der Waals surface area contributed by atoms with Gasteiger partial charge in [-0.15, -0.1) is 0 Å². The fourth-order valence-electron chi connectivity index (χ4n) is 3.53. The van der Waals surface area contributed by atoms with Gasteiger partial charge in [0.2, 0.25) is 0 Å². The number of benzene rings is 1. The summed E-state index contributed by atoms with van der Waals surface area (Å²) in [4.78, 5) is 18.0. The summed E-state index contributed by atoms with van der Waals surface area (Å²) >= 11 is 0. The van der Waals surface area contributed by atoms with Gasteiger partial charge in [-0.2, -0.15) is 4.98 Å². The van der Waals surface area contributed by atoms with Crippen molar-refractivity contribution in [2.45, 2.75) is 43.9 Å². The quantitative estimate of drug-likeness (QED) is 0.743. The highest BCUT2D eigenvalue weighted by molar-refractivity contribution is 5.36. The van der Waals surface area contributed by atoms with Crippen molar-refractivity contribution in [2.24, 2.45) is 11.5 Å². The normalized spacial score (nSPS) is 23.8. The SMILES string of the molecule is CN(Cc1ccc(-n2ccc(N)nc2=O)cc1)C1C[C@@H](N)C[C@@H](N)C1. The molecule has 0 aliphatic heterocycles. The first-order valence-corrected chi connectivity index (χ1v) is 8.58. The molecule has 1 aromatic heterocycles. The van der Waals surface area contributed by atoms with E-state index in [1.807, 2.05) is 24.3 Å². The van der Waals surface area contributed by atoms with Crippen LogP contribution in [0.25, 0.3) is 5.69 Å². The van der Waals surface area contributed by atoms with Crippen molar-refractivity contribution in [3.8, 4) is 5.69 Å². The van der Waals surface area contributed by atoms with E-state index in [0.717, 1.165) is 31.5 Å². The third-order valence-electron chi connectivity index (χ3n) is 4.85. The summed E-state index contributed by atoms with van der Waals surface area (Å²) in [7, 11) is 2.11. The standard InChI is InChI=1S/C18H26N6O/c1-23(16-9-13(19)8-14(20)10-16)11-12-2-4-15(5-3-12)24-7-6-17(21)22-18(24)25/h2-7,13-14,16H,8-11,19-20H2,1H3,(H2,21,22,25)/t13-,14+,16?. The van der Waals surface area contributed by atoms with E-state index in [1.54, 1.807) is 12.3 Å². The second kappa shape index (κ2) is 7.35. The smallest absolute Gasteiger partial charge is 0.354 e. The molecule has 0 saturated heterocycles. The summed E-state index contributed by atoms with van der Waals surface area (Å²) in [5.74, 6) is 0.225. The van der Waals surface area contributed by atoms with Gasteiger partial charge in [0.05, 0.1) is 5.69 Å². The van der Waals surface area contributed by atoms with Crippen LogP contribution >= 0.6 is 0 Å². The Labute approximate surface area is 147 Å². The minimum absolute atomic E-state index is 0.184. The van der Waals surface area contributed by atoms with E-state index in [9.17, 15) is 4.79 Å². The van der Waals surface area contributed by atoms with Gasteiger partial charge < -0.3 is 17.2 Å². The van der Waals surface area contributed by atoms with Crippen LogP contribution in [0.2, 0.25) is 0 Å². The van der Waals surface area contributed by atoms with Crippen molar-refractivity contribution in [3.05, 3.63) is 52.6 Å². The highest BCUT2D eigenvalue weighted by Crippen LogP contribution is 2.22. The summed E-state index contributed by atoms with van der Waals surface area (Å²) in [6, 6.07) is 10.3. The summed E-state index contributed by atoms with van der Waals surface area (Å²) in [6.07, 6.45) is 4.50.